The molecule has 4 nitrogen and oxygen atoms in total. The van der Waals surface area contributed by atoms with Gasteiger partial charge in [-0.15, -0.1) is 0 Å². The van der Waals surface area contributed by atoms with Crippen molar-refractivity contribution >= 4 is 0 Å². The summed E-state index contributed by atoms with van der Waals surface area (Å²) < 4.78 is 5.25. The summed E-state index contributed by atoms with van der Waals surface area (Å²) in [7, 11) is 1.67. The molecule has 19 heavy (non-hydrogen) atoms. The molecule has 0 heterocycles. The van der Waals surface area contributed by atoms with E-state index in [1.54, 1.807) is 7.11 Å². The van der Waals surface area contributed by atoms with Crippen molar-refractivity contribution in [2.24, 2.45) is 11.7 Å². The zero-order valence-corrected chi connectivity index (χ0v) is 11.5. The number of aliphatic hydroxyl groups is 1. The number of hydrogen-bond acceptors (Lipinski definition) is 4. The van der Waals surface area contributed by atoms with Gasteiger partial charge in [0.05, 0.1) is 7.11 Å². The number of rotatable bonds is 6. The fourth-order valence-corrected chi connectivity index (χ4v) is 2.89. The molecule has 4 heteroatoms. The molecule has 106 valence electrons. The molecule has 1 aromatic carbocycles. The average molecular weight is 264 g/mol. The summed E-state index contributed by atoms with van der Waals surface area (Å²) in [5, 5.41) is 13.0. The predicted octanol–water partition coefficient (Wildman–Crippen LogP) is 1.45. The fourth-order valence-electron chi connectivity index (χ4n) is 2.89. The van der Waals surface area contributed by atoms with Crippen LogP contribution in [0, 0.1) is 5.92 Å². The highest BCUT2D eigenvalue weighted by atomic mass is 16.5. The first-order valence-electron chi connectivity index (χ1n) is 6.99. The summed E-state index contributed by atoms with van der Waals surface area (Å²) in [5.41, 5.74) is 7.04. The van der Waals surface area contributed by atoms with Gasteiger partial charge in [0.1, 0.15) is 5.75 Å². The quantitative estimate of drug-likeness (QED) is 0.727. The topological polar surface area (TPSA) is 67.5 Å². The molecule has 4 N–H and O–H groups in total. The highest BCUT2D eigenvalue weighted by Gasteiger charge is 2.28. The number of nitrogens with two attached hydrogens (primary N) is 1. The Morgan fingerprint density at radius 1 is 1.47 bits per heavy atom. The normalized spacial score (nSPS) is 24.4. The minimum atomic E-state index is 0.118. The van der Waals surface area contributed by atoms with Gasteiger partial charge < -0.3 is 20.9 Å². The Bertz CT molecular complexity index is 397. The van der Waals surface area contributed by atoms with Crippen molar-refractivity contribution in [3.05, 3.63) is 29.8 Å². The predicted molar refractivity (Wildman–Crippen MR) is 76.1 cm³/mol. The zero-order chi connectivity index (χ0) is 13.7. The minimum Gasteiger partial charge on any atom is -0.497 e. The van der Waals surface area contributed by atoms with Crippen LogP contribution < -0.4 is 15.8 Å². The Morgan fingerprint density at radius 3 is 3.00 bits per heavy atom. The van der Waals surface area contributed by atoms with Gasteiger partial charge in [-0.25, -0.2) is 0 Å². The number of aliphatic hydroxyl groups excluding tert-OH is 1. The van der Waals surface area contributed by atoms with Crippen LogP contribution >= 0.6 is 0 Å². The standard InChI is InChI=1S/C15H24N2O2/c1-19-13-6-2-4-11(8-13)15(9-16)17-14-7-3-5-12(14)10-18/h2,4,6,8,12,14-15,17-18H,3,5,7,9-10,16H2,1H3. The van der Waals surface area contributed by atoms with Gasteiger partial charge in [-0.3, -0.25) is 0 Å². The number of hydrogen-bond donors (Lipinski definition) is 3. The fraction of sp³-hybridized carbons (Fsp3) is 0.600. The van der Waals surface area contributed by atoms with Gasteiger partial charge in [0.15, 0.2) is 0 Å². The van der Waals surface area contributed by atoms with Gasteiger partial charge in [-0.2, -0.15) is 0 Å². The number of ether oxygens (including phenoxy) is 1. The molecule has 1 aliphatic rings. The third-order valence-corrected chi connectivity index (χ3v) is 4.04. The van der Waals surface area contributed by atoms with Gasteiger partial charge in [-0.05, 0) is 36.5 Å². The van der Waals surface area contributed by atoms with Crippen molar-refractivity contribution in [2.75, 3.05) is 20.3 Å². The van der Waals surface area contributed by atoms with Crippen LogP contribution in [0.5, 0.6) is 5.75 Å². The van der Waals surface area contributed by atoms with Crippen LogP contribution in [0.25, 0.3) is 0 Å². The van der Waals surface area contributed by atoms with E-state index in [-0.39, 0.29) is 12.6 Å². The van der Waals surface area contributed by atoms with Gasteiger partial charge in [-0.1, -0.05) is 18.6 Å². The highest BCUT2D eigenvalue weighted by Crippen LogP contribution is 2.28. The molecule has 3 atom stereocenters. The van der Waals surface area contributed by atoms with Crippen LogP contribution in [-0.2, 0) is 0 Å². The van der Waals surface area contributed by atoms with E-state index >= 15 is 0 Å². The van der Waals surface area contributed by atoms with Gasteiger partial charge in [0.25, 0.3) is 0 Å². The van der Waals surface area contributed by atoms with Gasteiger partial charge >= 0.3 is 0 Å². The van der Waals surface area contributed by atoms with Crippen molar-refractivity contribution < 1.29 is 9.84 Å². The molecule has 0 bridgehead atoms. The molecule has 0 aliphatic heterocycles. The summed E-state index contributed by atoms with van der Waals surface area (Å²) in [6.07, 6.45) is 3.40. The van der Waals surface area contributed by atoms with Crippen molar-refractivity contribution in [2.45, 2.75) is 31.3 Å². The smallest absolute Gasteiger partial charge is 0.119 e. The lowest BCUT2D eigenvalue weighted by Crippen LogP contribution is -2.39. The maximum atomic E-state index is 9.38. The van der Waals surface area contributed by atoms with Crippen LogP contribution in [-0.4, -0.2) is 31.4 Å². The van der Waals surface area contributed by atoms with E-state index in [2.05, 4.69) is 11.4 Å². The number of benzene rings is 1. The second-order valence-corrected chi connectivity index (χ2v) is 5.21. The summed E-state index contributed by atoms with van der Waals surface area (Å²) in [4.78, 5) is 0. The van der Waals surface area contributed by atoms with Gasteiger partial charge in [0.2, 0.25) is 0 Å². The molecule has 1 aromatic rings. The first kappa shape index (κ1) is 14.3. The van der Waals surface area contributed by atoms with Crippen LogP contribution in [0.15, 0.2) is 24.3 Å². The van der Waals surface area contributed by atoms with E-state index < -0.39 is 0 Å². The molecule has 0 saturated heterocycles. The van der Waals surface area contributed by atoms with Crippen molar-refractivity contribution in [3.63, 3.8) is 0 Å². The maximum Gasteiger partial charge on any atom is 0.119 e. The lowest BCUT2D eigenvalue weighted by Gasteiger charge is -2.26. The summed E-state index contributed by atoms with van der Waals surface area (Å²) in [6, 6.07) is 8.49. The van der Waals surface area contributed by atoms with Crippen molar-refractivity contribution in [1.29, 1.82) is 0 Å². The first-order valence-corrected chi connectivity index (χ1v) is 6.99. The first-order chi connectivity index (χ1) is 9.28. The van der Waals surface area contributed by atoms with E-state index in [0.717, 1.165) is 24.2 Å². The Kier molecular flexibility index (Phi) is 5.19. The largest absolute Gasteiger partial charge is 0.497 e. The van der Waals surface area contributed by atoms with E-state index in [1.807, 2.05) is 18.2 Å². The van der Waals surface area contributed by atoms with Crippen LogP contribution in [0.1, 0.15) is 30.9 Å². The van der Waals surface area contributed by atoms with E-state index in [1.165, 1.54) is 6.42 Å². The third-order valence-electron chi connectivity index (χ3n) is 4.04. The van der Waals surface area contributed by atoms with Crippen molar-refractivity contribution in [3.8, 4) is 5.75 Å². The molecular weight excluding hydrogens is 240 g/mol. The molecule has 1 saturated carbocycles. The second-order valence-electron chi connectivity index (χ2n) is 5.21. The molecule has 0 amide bonds. The van der Waals surface area contributed by atoms with E-state index in [0.29, 0.717) is 18.5 Å². The highest BCUT2D eigenvalue weighted by molar-refractivity contribution is 5.30. The lowest BCUT2D eigenvalue weighted by molar-refractivity contribution is 0.199. The summed E-state index contributed by atoms with van der Waals surface area (Å²) in [6.45, 7) is 0.800. The molecule has 0 radical (unpaired) electrons. The maximum absolute atomic E-state index is 9.38. The molecule has 1 aliphatic carbocycles. The molecular formula is C15H24N2O2. The van der Waals surface area contributed by atoms with Gasteiger partial charge in [0, 0.05) is 25.2 Å². The number of nitrogens with one attached hydrogen (secondary N) is 1. The van der Waals surface area contributed by atoms with E-state index in [4.69, 9.17) is 10.5 Å². The third kappa shape index (κ3) is 3.47. The number of methoxy groups -OCH3 is 1. The Hall–Kier alpha value is -1.10. The van der Waals surface area contributed by atoms with Crippen LogP contribution in [0.2, 0.25) is 0 Å². The molecule has 1 fully saturated rings. The van der Waals surface area contributed by atoms with Crippen molar-refractivity contribution in [1.82, 2.24) is 5.32 Å². The van der Waals surface area contributed by atoms with Crippen LogP contribution in [0.3, 0.4) is 0 Å². The Balaban J connectivity index is 2.06. The molecule has 0 aromatic heterocycles. The zero-order valence-electron chi connectivity index (χ0n) is 11.5. The summed E-state index contributed by atoms with van der Waals surface area (Å²) in [5.74, 6) is 1.21. The Labute approximate surface area is 115 Å². The SMILES string of the molecule is COc1cccc(C(CN)NC2CCCC2CO)c1. The van der Waals surface area contributed by atoms with Crippen LogP contribution in [0.4, 0.5) is 0 Å². The second kappa shape index (κ2) is 6.89. The minimum absolute atomic E-state index is 0.118. The molecule has 3 unspecified atom stereocenters. The average Bonchev–Trinajstić information content (AvgIpc) is 2.92. The Morgan fingerprint density at radius 2 is 2.32 bits per heavy atom. The molecule has 2 rings (SSSR count). The van der Waals surface area contributed by atoms with E-state index in [9.17, 15) is 5.11 Å². The lowest BCUT2D eigenvalue weighted by atomic mass is 10.0. The monoisotopic (exact) mass is 264 g/mol. The molecule has 0 spiro atoms. The summed E-state index contributed by atoms with van der Waals surface area (Å²) >= 11 is 0.